The van der Waals surface area contributed by atoms with Gasteiger partial charge in [0.15, 0.2) is 0 Å². The molecule has 3 rings (SSSR count). The molecule has 0 saturated carbocycles. The molecule has 1 N–H and O–H groups in total. The molecule has 1 heterocycles. The zero-order chi connectivity index (χ0) is 18.5. The molecule has 0 bridgehead atoms. The van der Waals surface area contributed by atoms with Gasteiger partial charge in [-0.3, -0.25) is 10.1 Å². The number of ether oxygens (including phenoxy) is 1. The second kappa shape index (κ2) is 8.52. The van der Waals surface area contributed by atoms with Crippen molar-refractivity contribution >= 4 is 23.3 Å². The molecule has 1 fully saturated rings. The Hall–Kier alpha value is -2.11. The number of hydrogen-bond donors (Lipinski definition) is 1. The Balaban J connectivity index is 1.76. The van der Waals surface area contributed by atoms with E-state index in [0.29, 0.717) is 31.0 Å². The van der Waals surface area contributed by atoms with Crippen LogP contribution in [-0.2, 0) is 16.0 Å². The number of esters is 1. The van der Waals surface area contributed by atoms with Crippen LogP contribution in [0.2, 0.25) is 5.02 Å². The number of carbonyl (C=O) groups is 1. The highest BCUT2D eigenvalue weighted by Gasteiger charge is 2.33. The summed E-state index contributed by atoms with van der Waals surface area (Å²) in [7, 11) is 0. The summed E-state index contributed by atoms with van der Waals surface area (Å²) in [5.41, 5.74) is 2.06. The third-order valence-corrected chi connectivity index (χ3v) is 4.69. The first-order chi connectivity index (χ1) is 12.5. The molecule has 2 atom stereocenters. The van der Waals surface area contributed by atoms with Crippen molar-refractivity contribution in [2.24, 2.45) is 0 Å². The van der Waals surface area contributed by atoms with Crippen molar-refractivity contribution in [1.82, 2.24) is 5.32 Å². The summed E-state index contributed by atoms with van der Waals surface area (Å²) >= 11 is 6.00. The minimum atomic E-state index is -0.247. The molecule has 0 spiro atoms. The van der Waals surface area contributed by atoms with E-state index >= 15 is 0 Å². The van der Waals surface area contributed by atoms with Crippen LogP contribution < -0.4 is 10.2 Å². The van der Waals surface area contributed by atoms with Gasteiger partial charge in [-0.2, -0.15) is 0 Å². The van der Waals surface area contributed by atoms with Crippen LogP contribution in [0.1, 0.15) is 18.9 Å². The first kappa shape index (κ1) is 18.7. The Kier molecular flexibility index (Phi) is 6.12. The summed E-state index contributed by atoms with van der Waals surface area (Å²) in [5.74, 6) is -0.452. The summed E-state index contributed by atoms with van der Waals surface area (Å²) in [6.07, 6.45) is 1.01. The summed E-state index contributed by atoms with van der Waals surface area (Å²) < 4.78 is 18.2. The maximum absolute atomic E-state index is 13.2. The lowest BCUT2D eigenvalue weighted by molar-refractivity contribution is -0.143. The highest BCUT2D eigenvalue weighted by Crippen LogP contribution is 2.25. The van der Waals surface area contributed by atoms with E-state index in [-0.39, 0.29) is 24.0 Å². The number of carbonyl (C=O) groups excluding carboxylic acids is 1. The molecule has 2 aromatic rings. The number of benzene rings is 2. The maximum atomic E-state index is 13.2. The van der Waals surface area contributed by atoms with Crippen LogP contribution in [0.4, 0.5) is 10.1 Å². The van der Waals surface area contributed by atoms with Crippen molar-refractivity contribution in [3.8, 4) is 0 Å². The number of halogens is 2. The van der Waals surface area contributed by atoms with Gasteiger partial charge in [-0.05, 0) is 48.9 Å². The van der Waals surface area contributed by atoms with Crippen molar-refractivity contribution in [1.29, 1.82) is 0 Å². The zero-order valence-electron chi connectivity index (χ0n) is 14.6. The van der Waals surface area contributed by atoms with Crippen molar-refractivity contribution < 1.29 is 13.9 Å². The van der Waals surface area contributed by atoms with E-state index in [2.05, 4.69) is 10.2 Å². The van der Waals surface area contributed by atoms with E-state index in [0.717, 1.165) is 11.3 Å². The Bertz CT molecular complexity index is 736. The maximum Gasteiger partial charge on any atom is 0.307 e. The van der Waals surface area contributed by atoms with Gasteiger partial charge in [-0.1, -0.05) is 23.7 Å². The quantitative estimate of drug-likeness (QED) is 0.779. The first-order valence-electron chi connectivity index (χ1n) is 8.73. The molecule has 2 aromatic carbocycles. The topological polar surface area (TPSA) is 41.6 Å². The van der Waals surface area contributed by atoms with Gasteiger partial charge in [0.25, 0.3) is 0 Å². The molecule has 2 unspecified atom stereocenters. The molecule has 0 amide bonds. The monoisotopic (exact) mass is 376 g/mol. The minimum Gasteiger partial charge on any atom is -0.466 e. The second-order valence-electron chi connectivity index (χ2n) is 6.35. The van der Waals surface area contributed by atoms with Crippen molar-refractivity contribution in [2.75, 3.05) is 18.1 Å². The van der Waals surface area contributed by atoms with Crippen molar-refractivity contribution in [3.63, 3.8) is 0 Å². The molecular weight excluding hydrogens is 355 g/mol. The van der Waals surface area contributed by atoms with Gasteiger partial charge in [-0.15, -0.1) is 0 Å². The number of nitrogens with one attached hydrogen (secondary N) is 1. The number of hydrogen-bond acceptors (Lipinski definition) is 4. The van der Waals surface area contributed by atoms with E-state index in [1.807, 2.05) is 24.3 Å². The Morgan fingerprint density at radius 1 is 1.23 bits per heavy atom. The summed E-state index contributed by atoms with van der Waals surface area (Å²) in [5, 5.41) is 4.18. The van der Waals surface area contributed by atoms with Crippen molar-refractivity contribution in [3.05, 3.63) is 64.9 Å². The third kappa shape index (κ3) is 4.74. The molecule has 4 nitrogen and oxygen atoms in total. The van der Waals surface area contributed by atoms with Crippen LogP contribution in [0, 0.1) is 5.82 Å². The lowest BCUT2D eigenvalue weighted by Gasteiger charge is -2.26. The molecule has 0 radical (unpaired) electrons. The summed E-state index contributed by atoms with van der Waals surface area (Å²) in [4.78, 5) is 14.1. The van der Waals surface area contributed by atoms with E-state index in [4.69, 9.17) is 16.3 Å². The van der Waals surface area contributed by atoms with E-state index in [1.54, 1.807) is 19.1 Å². The average Bonchev–Trinajstić information content (AvgIpc) is 3.00. The molecule has 0 aliphatic carbocycles. The molecule has 0 aromatic heterocycles. The largest absolute Gasteiger partial charge is 0.466 e. The van der Waals surface area contributed by atoms with Gasteiger partial charge in [-0.25, -0.2) is 4.39 Å². The predicted molar refractivity (Wildman–Crippen MR) is 101 cm³/mol. The lowest BCUT2D eigenvalue weighted by atomic mass is 10.1. The van der Waals surface area contributed by atoms with Crippen LogP contribution in [-0.4, -0.2) is 31.3 Å². The molecular formula is C20H22ClFN2O2. The van der Waals surface area contributed by atoms with E-state index in [1.165, 1.54) is 12.1 Å². The van der Waals surface area contributed by atoms with E-state index < -0.39 is 0 Å². The predicted octanol–water partition coefficient (Wildman–Crippen LogP) is 3.78. The normalized spacial score (nSPS) is 19.6. The second-order valence-corrected chi connectivity index (χ2v) is 6.78. The molecule has 1 aliphatic rings. The highest BCUT2D eigenvalue weighted by atomic mass is 35.5. The van der Waals surface area contributed by atoms with Crippen molar-refractivity contribution in [2.45, 2.75) is 32.0 Å². The number of anilines is 1. The van der Waals surface area contributed by atoms with Gasteiger partial charge in [0, 0.05) is 29.7 Å². The number of rotatable bonds is 6. The molecule has 26 heavy (non-hydrogen) atoms. The lowest BCUT2D eigenvalue weighted by Crippen LogP contribution is -2.38. The fourth-order valence-corrected chi connectivity index (χ4v) is 3.38. The SMILES string of the molecule is CCOC(=O)CC1CN(c2ccc(Cl)cc2)C(Cc2ccc(F)cc2)N1. The van der Waals surface area contributed by atoms with Gasteiger partial charge < -0.3 is 9.64 Å². The van der Waals surface area contributed by atoms with Crippen LogP contribution in [0.25, 0.3) is 0 Å². The average molecular weight is 377 g/mol. The fourth-order valence-electron chi connectivity index (χ4n) is 3.25. The van der Waals surface area contributed by atoms with Gasteiger partial charge in [0.2, 0.25) is 0 Å². The number of nitrogens with zero attached hydrogens (tertiary/aromatic N) is 1. The molecule has 1 saturated heterocycles. The standard InChI is InChI=1S/C20H22ClFN2O2/c1-2-26-20(25)12-17-13-24(18-9-5-15(21)6-10-18)19(23-17)11-14-3-7-16(22)8-4-14/h3-10,17,19,23H,2,11-13H2,1H3. The molecule has 138 valence electrons. The molecule has 6 heteroatoms. The first-order valence-corrected chi connectivity index (χ1v) is 9.11. The highest BCUT2D eigenvalue weighted by molar-refractivity contribution is 6.30. The van der Waals surface area contributed by atoms with Gasteiger partial charge >= 0.3 is 5.97 Å². The third-order valence-electron chi connectivity index (χ3n) is 4.44. The minimum absolute atomic E-state index is 0.000985. The summed E-state index contributed by atoms with van der Waals surface area (Å²) in [6.45, 7) is 2.87. The fraction of sp³-hybridized carbons (Fsp3) is 0.350. The van der Waals surface area contributed by atoms with E-state index in [9.17, 15) is 9.18 Å². The summed E-state index contributed by atoms with van der Waals surface area (Å²) in [6, 6.07) is 14.1. The zero-order valence-corrected chi connectivity index (χ0v) is 15.4. The van der Waals surface area contributed by atoms with Gasteiger partial charge in [0.05, 0.1) is 19.2 Å². The Morgan fingerprint density at radius 3 is 2.58 bits per heavy atom. The van der Waals surface area contributed by atoms with Crippen LogP contribution in [0.3, 0.4) is 0 Å². The van der Waals surface area contributed by atoms with Crippen LogP contribution >= 0.6 is 11.6 Å². The van der Waals surface area contributed by atoms with Gasteiger partial charge in [0.1, 0.15) is 5.82 Å². The Morgan fingerprint density at radius 2 is 1.92 bits per heavy atom. The Labute approximate surface area is 157 Å². The molecule has 1 aliphatic heterocycles. The van der Waals surface area contributed by atoms with Crippen LogP contribution in [0.5, 0.6) is 0 Å². The smallest absolute Gasteiger partial charge is 0.307 e. The van der Waals surface area contributed by atoms with Crippen LogP contribution in [0.15, 0.2) is 48.5 Å².